The molecule has 0 atom stereocenters. The molecular weight excluding hydrogens is 284 g/mol. The van der Waals surface area contributed by atoms with E-state index in [0.29, 0.717) is 0 Å². The lowest BCUT2D eigenvalue weighted by molar-refractivity contribution is -0.146. The third-order valence-electron chi connectivity index (χ3n) is 2.65. The smallest absolute Gasteiger partial charge is 0.317 e. The standard InChI is InChI=1S/C12H19BrN2O2/c1-11(2,3)15-9(8(13)7-14-15)12(4,5)10(16)17-6/h7H,1-6H3. The molecule has 0 radical (unpaired) electrons. The highest BCUT2D eigenvalue weighted by Crippen LogP contribution is 2.34. The van der Waals surface area contributed by atoms with Crippen LogP contribution in [0.2, 0.25) is 0 Å². The Morgan fingerprint density at radius 2 is 1.88 bits per heavy atom. The van der Waals surface area contributed by atoms with Crippen LogP contribution >= 0.6 is 15.9 Å². The Morgan fingerprint density at radius 1 is 1.35 bits per heavy atom. The van der Waals surface area contributed by atoms with E-state index >= 15 is 0 Å². The normalized spacial score (nSPS) is 12.6. The van der Waals surface area contributed by atoms with E-state index < -0.39 is 5.41 Å². The van der Waals surface area contributed by atoms with Crippen molar-refractivity contribution in [3.63, 3.8) is 0 Å². The average molecular weight is 303 g/mol. The summed E-state index contributed by atoms with van der Waals surface area (Å²) in [7, 11) is 1.40. The Bertz CT molecular complexity index is 430. The summed E-state index contributed by atoms with van der Waals surface area (Å²) >= 11 is 3.45. The number of halogens is 1. The molecule has 0 amide bonds. The molecule has 17 heavy (non-hydrogen) atoms. The molecule has 5 heteroatoms. The first-order valence-corrected chi connectivity index (χ1v) is 6.24. The van der Waals surface area contributed by atoms with Crippen molar-refractivity contribution in [3.8, 4) is 0 Å². The molecule has 0 bridgehead atoms. The lowest BCUT2D eigenvalue weighted by atomic mass is 9.88. The van der Waals surface area contributed by atoms with Crippen molar-refractivity contribution >= 4 is 21.9 Å². The minimum atomic E-state index is -0.739. The molecule has 96 valence electrons. The van der Waals surface area contributed by atoms with E-state index in [-0.39, 0.29) is 11.5 Å². The van der Waals surface area contributed by atoms with Crippen LogP contribution in [0.3, 0.4) is 0 Å². The number of methoxy groups -OCH3 is 1. The fourth-order valence-electron chi connectivity index (χ4n) is 1.75. The maximum absolute atomic E-state index is 11.9. The lowest BCUT2D eigenvalue weighted by Gasteiger charge is -2.29. The van der Waals surface area contributed by atoms with Crippen molar-refractivity contribution in [1.29, 1.82) is 0 Å². The van der Waals surface area contributed by atoms with Crippen LogP contribution in [0.5, 0.6) is 0 Å². The molecular formula is C12H19BrN2O2. The number of rotatable bonds is 2. The van der Waals surface area contributed by atoms with Crippen LogP contribution in [0.4, 0.5) is 0 Å². The molecule has 1 heterocycles. The van der Waals surface area contributed by atoms with Crippen LogP contribution in [-0.4, -0.2) is 22.9 Å². The zero-order chi connectivity index (χ0) is 13.4. The van der Waals surface area contributed by atoms with Crippen LogP contribution in [-0.2, 0) is 20.5 Å². The molecule has 1 aromatic heterocycles. The van der Waals surface area contributed by atoms with E-state index in [0.717, 1.165) is 10.2 Å². The highest BCUT2D eigenvalue weighted by atomic mass is 79.9. The van der Waals surface area contributed by atoms with Crippen molar-refractivity contribution in [2.75, 3.05) is 7.11 Å². The zero-order valence-electron chi connectivity index (χ0n) is 11.2. The Hall–Kier alpha value is -0.840. The van der Waals surface area contributed by atoms with E-state index in [4.69, 9.17) is 4.74 Å². The van der Waals surface area contributed by atoms with Gasteiger partial charge in [-0.2, -0.15) is 5.10 Å². The summed E-state index contributed by atoms with van der Waals surface area (Å²) < 4.78 is 7.54. The summed E-state index contributed by atoms with van der Waals surface area (Å²) in [5, 5.41) is 4.33. The number of hydrogen-bond acceptors (Lipinski definition) is 3. The van der Waals surface area contributed by atoms with Gasteiger partial charge >= 0.3 is 5.97 Å². The minimum Gasteiger partial charge on any atom is -0.468 e. The van der Waals surface area contributed by atoms with Gasteiger partial charge in [-0.25, -0.2) is 0 Å². The van der Waals surface area contributed by atoms with Crippen molar-refractivity contribution in [2.45, 2.75) is 45.6 Å². The molecule has 1 rings (SSSR count). The monoisotopic (exact) mass is 302 g/mol. The predicted molar refractivity (Wildman–Crippen MR) is 70.0 cm³/mol. The molecule has 0 unspecified atom stereocenters. The second kappa shape index (κ2) is 4.44. The number of carbonyl (C=O) groups is 1. The van der Waals surface area contributed by atoms with E-state index in [1.54, 1.807) is 6.20 Å². The summed E-state index contributed by atoms with van der Waals surface area (Å²) in [6.45, 7) is 9.81. The van der Waals surface area contributed by atoms with Gasteiger partial charge < -0.3 is 4.74 Å². The lowest BCUT2D eigenvalue weighted by Crippen LogP contribution is -2.37. The van der Waals surface area contributed by atoms with Crippen LogP contribution in [0.1, 0.15) is 40.3 Å². The van der Waals surface area contributed by atoms with Gasteiger partial charge in [0.05, 0.1) is 29.0 Å². The van der Waals surface area contributed by atoms with Gasteiger partial charge in [0.15, 0.2) is 0 Å². The maximum Gasteiger partial charge on any atom is 0.317 e. The first kappa shape index (κ1) is 14.2. The molecule has 0 aromatic carbocycles. The molecule has 1 aromatic rings. The van der Waals surface area contributed by atoms with Crippen molar-refractivity contribution in [3.05, 3.63) is 16.4 Å². The van der Waals surface area contributed by atoms with Crippen molar-refractivity contribution < 1.29 is 9.53 Å². The fourth-order valence-corrected chi connectivity index (χ4v) is 2.51. The second-order valence-electron chi connectivity index (χ2n) is 5.54. The Balaban J connectivity index is 3.40. The SMILES string of the molecule is COC(=O)C(C)(C)c1c(Br)cnn1C(C)(C)C. The number of ether oxygens (including phenoxy) is 1. The largest absolute Gasteiger partial charge is 0.468 e. The first-order valence-electron chi connectivity index (χ1n) is 5.45. The van der Waals surface area contributed by atoms with Crippen LogP contribution < -0.4 is 0 Å². The number of hydrogen-bond donors (Lipinski definition) is 0. The van der Waals surface area contributed by atoms with Crippen LogP contribution in [0, 0.1) is 0 Å². The van der Waals surface area contributed by atoms with Crippen molar-refractivity contribution in [1.82, 2.24) is 9.78 Å². The third kappa shape index (κ3) is 2.54. The highest BCUT2D eigenvalue weighted by molar-refractivity contribution is 9.10. The average Bonchev–Trinajstić information content (AvgIpc) is 2.58. The van der Waals surface area contributed by atoms with Gasteiger partial charge in [-0.1, -0.05) is 0 Å². The number of carbonyl (C=O) groups excluding carboxylic acids is 1. The molecule has 0 fully saturated rings. The summed E-state index contributed by atoms with van der Waals surface area (Å²) in [4.78, 5) is 11.9. The Labute approximate surface area is 110 Å². The maximum atomic E-state index is 11.9. The Morgan fingerprint density at radius 3 is 2.29 bits per heavy atom. The predicted octanol–water partition coefficient (Wildman–Crippen LogP) is 2.85. The number of aromatic nitrogens is 2. The topological polar surface area (TPSA) is 44.1 Å². The highest BCUT2D eigenvalue weighted by Gasteiger charge is 2.38. The van der Waals surface area contributed by atoms with E-state index in [1.165, 1.54) is 7.11 Å². The molecule has 0 saturated carbocycles. The first-order chi connectivity index (χ1) is 7.62. The van der Waals surface area contributed by atoms with E-state index in [9.17, 15) is 4.79 Å². The summed E-state index contributed by atoms with van der Waals surface area (Å²) in [6.07, 6.45) is 1.71. The quantitative estimate of drug-likeness (QED) is 0.789. The van der Waals surface area contributed by atoms with Gasteiger partial charge in [0.25, 0.3) is 0 Å². The third-order valence-corrected chi connectivity index (χ3v) is 3.23. The molecule has 0 spiro atoms. The van der Waals surface area contributed by atoms with Gasteiger partial charge in [0.2, 0.25) is 0 Å². The van der Waals surface area contributed by atoms with Gasteiger partial charge in [0, 0.05) is 0 Å². The molecule has 0 aliphatic heterocycles. The second-order valence-corrected chi connectivity index (χ2v) is 6.39. The van der Waals surface area contributed by atoms with Gasteiger partial charge in [-0.3, -0.25) is 9.48 Å². The van der Waals surface area contributed by atoms with E-state index in [1.807, 2.05) is 39.3 Å². The number of esters is 1. The summed E-state index contributed by atoms with van der Waals surface area (Å²) in [6, 6.07) is 0. The van der Waals surface area contributed by atoms with Gasteiger partial charge in [0.1, 0.15) is 5.41 Å². The molecule has 0 saturated heterocycles. The fraction of sp³-hybridized carbons (Fsp3) is 0.667. The number of nitrogens with zero attached hydrogens (tertiary/aromatic N) is 2. The van der Waals surface area contributed by atoms with Gasteiger partial charge in [-0.15, -0.1) is 0 Å². The van der Waals surface area contributed by atoms with Crippen molar-refractivity contribution in [2.24, 2.45) is 0 Å². The minimum absolute atomic E-state index is 0.188. The summed E-state index contributed by atoms with van der Waals surface area (Å²) in [5.74, 6) is -0.274. The molecule has 0 N–H and O–H groups in total. The summed E-state index contributed by atoms with van der Waals surface area (Å²) in [5.41, 5.74) is -0.0962. The molecule has 0 aliphatic carbocycles. The van der Waals surface area contributed by atoms with Crippen LogP contribution in [0.15, 0.2) is 10.7 Å². The Kier molecular flexibility index (Phi) is 3.72. The van der Waals surface area contributed by atoms with Crippen LogP contribution in [0.25, 0.3) is 0 Å². The van der Waals surface area contributed by atoms with Gasteiger partial charge in [-0.05, 0) is 50.5 Å². The molecule has 0 aliphatic rings. The zero-order valence-corrected chi connectivity index (χ0v) is 12.8. The molecule has 4 nitrogen and oxygen atoms in total. The van der Waals surface area contributed by atoms with E-state index in [2.05, 4.69) is 21.0 Å².